The van der Waals surface area contributed by atoms with Gasteiger partial charge < -0.3 is 70.8 Å². The molecule has 4 aliphatic rings. The molecule has 12 amide bonds. The molecule has 0 unspecified atom stereocenters. The second kappa shape index (κ2) is 32.6. The average molecular weight is 1320 g/mol. The lowest BCUT2D eigenvalue weighted by Crippen LogP contribution is -2.61. The van der Waals surface area contributed by atoms with Crippen LogP contribution in [0.5, 0.6) is 11.5 Å². The van der Waals surface area contributed by atoms with Crippen LogP contribution in [-0.2, 0) is 47.9 Å². The number of carbonyl (C=O) groups is 12. The summed E-state index contributed by atoms with van der Waals surface area (Å²) in [7, 11) is 5.47. The molecule has 28 nitrogen and oxygen atoms in total. The van der Waals surface area contributed by atoms with E-state index in [0.717, 1.165) is 27.5 Å². The summed E-state index contributed by atoms with van der Waals surface area (Å²) >= 11 is 0. The van der Waals surface area contributed by atoms with Gasteiger partial charge in [0, 0.05) is 65.1 Å². The van der Waals surface area contributed by atoms with Crippen molar-refractivity contribution in [2.24, 2.45) is 5.92 Å². The molecule has 5 atom stereocenters. The smallest absolute Gasteiger partial charge is 0.274 e. The van der Waals surface area contributed by atoms with Crippen molar-refractivity contribution >= 4 is 92.7 Å². The molecule has 0 radical (unpaired) electrons. The summed E-state index contributed by atoms with van der Waals surface area (Å²) in [6.07, 6.45) is 5.58. The largest absolute Gasteiger partial charge is 0.491 e. The highest BCUT2D eigenvalue weighted by molar-refractivity contribution is 6.04. The van der Waals surface area contributed by atoms with Crippen LogP contribution in [0, 0.1) is 5.92 Å². The zero-order chi connectivity index (χ0) is 68.7. The van der Waals surface area contributed by atoms with E-state index in [1.807, 2.05) is 38.1 Å². The lowest BCUT2D eigenvalue weighted by molar-refractivity contribution is -0.146. The molecule has 2 aromatic carbocycles. The lowest BCUT2D eigenvalue weighted by Gasteiger charge is -2.37. The Morgan fingerprint density at radius 3 is 1.46 bits per heavy atom. The summed E-state index contributed by atoms with van der Waals surface area (Å²) in [6.45, 7) is 4.61. The molecule has 3 saturated heterocycles. The molecule has 4 fully saturated rings. The zero-order valence-electron chi connectivity index (χ0n) is 55.6. The number of para-hydroxylation sites is 2. The van der Waals surface area contributed by atoms with Crippen molar-refractivity contribution in [3.05, 3.63) is 72.1 Å². The predicted molar refractivity (Wildman–Crippen MR) is 349 cm³/mol. The van der Waals surface area contributed by atoms with Crippen molar-refractivity contribution in [1.82, 2.24) is 71.3 Å². The summed E-state index contributed by atoms with van der Waals surface area (Å²) in [4.78, 5) is 189. The molecule has 1 saturated carbocycles. The average Bonchev–Trinajstić information content (AvgIpc) is 1.63. The Morgan fingerprint density at radius 2 is 1.02 bits per heavy atom. The van der Waals surface area contributed by atoms with Crippen LogP contribution in [0.1, 0.15) is 126 Å². The number of benzene rings is 2. The third-order valence-corrected chi connectivity index (χ3v) is 17.9. The Kier molecular flexibility index (Phi) is 24.5. The fraction of sp³-hybridized carbons (Fsp3) is 0.552. The Labute approximate surface area is 552 Å². The van der Waals surface area contributed by atoms with Crippen molar-refractivity contribution < 1.29 is 67.0 Å². The number of nitrogens with one attached hydrogen (secondary N) is 6. The van der Waals surface area contributed by atoms with E-state index in [-0.39, 0.29) is 74.9 Å². The molecule has 512 valence electrons. The number of pyridine rings is 2. The maximum atomic E-state index is 15.1. The van der Waals surface area contributed by atoms with Crippen molar-refractivity contribution in [3.63, 3.8) is 0 Å². The minimum atomic E-state index is -1.55. The van der Waals surface area contributed by atoms with Crippen LogP contribution in [0.3, 0.4) is 0 Å². The fourth-order valence-electron chi connectivity index (χ4n) is 12.0. The van der Waals surface area contributed by atoms with Gasteiger partial charge in [0.15, 0.2) is 22.9 Å². The highest BCUT2D eigenvalue weighted by Crippen LogP contribution is 2.41. The summed E-state index contributed by atoms with van der Waals surface area (Å²) in [5, 5.41) is 17.7. The lowest BCUT2D eigenvalue weighted by atomic mass is 9.99. The van der Waals surface area contributed by atoms with E-state index in [4.69, 9.17) is 9.47 Å². The number of rotatable bonds is 13. The second-order valence-electron chi connectivity index (χ2n) is 25.2. The fourth-order valence-corrected chi connectivity index (χ4v) is 12.0. The van der Waals surface area contributed by atoms with Crippen molar-refractivity contribution in [1.29, 1.82) is 0 Å². The van der Waals surface area contributed by atoms with Crippen LogP contribution in [0.2, 0.25) is 0 Å². The first-order chi connectivity index (χ1) is 45.5. The first-order valence-corrected chi connectivity index (χ1v) is 32.9. The molecular weight excluding hydrogens is 1220 g/mol. The molecular formula is C67H90N14O14. The molecule has 2 aromatic heterocycles. The third-order valence-electron chi connectivity index (χ3n) is 17.9. The van der Waals surface area contributed by atoms with Gasteiger partial charge in [-0.05, 0) is 94.4 Å². The van der Waals surface area contributed by atoms with Gasteiger partial charge in [-0.1, -0.05) is 76.9 Å². The topological polar surface area (TPSA) is 341 Å². The number of hydrogen-bond donors (Lipinski definition) is 6. The Bertz CT molecular complexity index is 3540. The van der Waals surface area contributed by atoms with Crippen molar-refractivity contribution in [3.8, 4) is 11.5 Å². The third kappa shape index (κ3) is 17.5. The number of amides is 12. The second-order valence-corrected chi connectivity index (χ2v) is 25.2. The summed E-state index contributed by atoms with van der Waals surface area (Å²) in [6, 6.07) is 10.9. The van der Waals surface area contributed by atoms with Crippen LogP contribution >= 0.6 is 0 Å². The van der Waals surface area contributed by atoms with Crippen LogP contribution < -0.4 is 41.4 Å². The number of nitrogens with zero attached hydrogens (tertiary/aromatic N) is 8. The van der Waals surface area contributed by atoms with Gasteiger partial charge in [-0.2, -0.15) is 0 Å². The zero-order valence-corrected chi connectivity index (χ0v) is 55.6. The molecule has 8 rings (SSSR count). The van der Waals surface area contributed by atoms with Gasteiger partial charge >= 0.3 is 0 Å². The monoisotopic (exact) mass is 1310 g/mol. The number of hydrogen-bond acceptors (Lipinski definition) is 16. The first kappa shape index (κ1) is 71.4. The maximum absolute atomic E-state index is 15.1. The van der Waals surface area contributed by atoms with Gasteiger partial charge in [0.2, 0.25) is 59.1 Å². The summed E-state index contributed by atoms with van der Waals surface area (Å²) in [5.74, 6) is -8.91. The van der Waals surface area contributed by atoms with Gasteiger partial charge in [-0.15, -0.1) is 0 Å². The van der Waals surface area contributed by atoms with Crippen LogP contribution in [-0.4, -0.2) is 240 Å². The van der Waals surface area contributed by atoms with Gasteiger partial charge in [-0.3, -0.25) is 57.5 Å². The molecule has 4 aromatic rings. The molecule has 1 aliphatic carbocycles. The number of carbonyl (C=O) groups excluding carboxylic acids is 12. The van der Waals surface area contributed by atoms with E-state index < -0.39 is 152 Å². The van der Waals surface area contributed by atoms with Crippen molar-refractivity contribution in [2.45, 2.75) is 140 Å². The number of unbranched alkanes of at least 4 members (excludes halogenated alkanes) is 2. The summed E-state index contributed by atoms with van der Waals surface area (Å²) < 4.78 is 12.2. The standard InChI is InChI=1S/C67H90N14O14/c1-9-11-31-94-50-33-42-21-13-15-23-44(42)72-56(50)61(88)74-46-35-68-63(90)58(41(3)4)78(7)54(84)39-76(5)52(82)37-69-60(87)49-26-18-20-30-81(49)65(92)47(75-62(89)57-51(95-32-12-10-2)34-43-22-14-16-24-45(43)73-57)36-71-66(93)67(27-28-67)79(8)55(85)40-77(6)53(83)38-70-59(86)48-25-17-19-29-80(48)64(46)91/h13-16,21-24,33-34,41,46-49,58H,9-12,17-20,25-32,35-40H2,1-8H3,(H,68,90)(H,69,87)(H,70,86)(H,71,93)(H,74,88)(H,75,89)/t46-,47-,48+,49+,58+/m1/s1. The molecule has 5 heterocycles. The van der Waals surface area contributed by atoms with Gasteiger partial charge in [-0.25, -0.2) is 9.97 Å². The molecule has 95 heavy (non-hydrogen) atoms. The molecule has 1 spiro atoms. The minimum Gasteiger partial charge on any atom is -0.491 e. The van der Waals surface area contributed by atoms with Crippen LogP contribution in [0.4, 0.5) is 0 Å². The number of piperidine rings is 2. The van der Waals surface area contributed by atoms with Gasteiger partial charge in [0.05, 0.1) is 50.4 Å². The Morgan fingerprint density at radius 1 is 0.579 bits per heavy atom. The molecule has 3 aliphatic heterocycles. The number of likely N-dealkylation sites (N-methyl/N-ethyl adjacent to an activating group) is 4. The normalized spacial score (nSPS) is 22.3. The van der Waals surface area contributed by atoms with Crippen LogP contribution in [0.25, 0.3) is 21.8 Å². The highest BCUT2D eigenvalue weighted by atomic mass is 16.5. The van der Waals surface area contributed by atoms with Crippen LogP contribution in [0.15, 0.2) is 60.7 Å². The van der Waals surface area contributed by atoms with E-state index in [2.05, 4.69) is 41.9 Å². The SMILES string of the molecule is CCCCOc1cc2ccccc2nc1C(=O)N[C@@H]1CNC(=O)[C@H](C(C)C)N(C)C(=O)CN(C)C(=O)CNC(=O)[C@@H]2CCCCN2C(=O)[C@H](NC(=O)c2nc3ccccc3cc2OCCCC)CNC(=O)C2(CC2)N(C)C(=O)CN(C)C(=O)CNC(=O)[C@@H]2CCCCN2C1=O. The quantitative estimate of drug-likeness (QED) is 0.104. The Balaban J connectivity index is 1.07. The number of ether oxygens (including phenoxy) is 2. The molecule has 6 N–H and O–H groups in total. The number of aromatic nitrogens is 2. The van der Waals surface area contributed by atoms with E-state index in [0.29, 0.717) is 60.3 Å². The molecule has 0 bridgehead atoms. The van der Waals surface area contributed by atoms with Gasteiger partial charge in [0.25, 0.3) is 11.8 Å². The first-order valence-electron chi connectivity index (χ1n) is 32.9. The minimum absolute atomic E-state index is 0.0471. The number of fused-ring (bicyclic) bond motifs is 4. The van der Waals surface area contributed by atoms with E-state index in [1.165, 1.54) is 42.9 Å². The Hall–Kier alpha value is -9.50. The van der Waals surface area contributed by atoms with E-state index in [1.54, 1.807) is 50.2 Å². The highest BCUT2D eigenvalue weighted by Gasteiger charge is 2.55. The van der Waals surface area contributed by atoms with E-state index in [9.17, 15) is 47.9 Å². The van der Waals surface area contributed by atoms with E-state index >= 15 is 9.59 Å². The summed E-state index contributed by atoms with van der Waals surface area (Å²) in [5.41, 5.74) is -0.780. The van der Waals surface area contributed by atoms with Gasteiger partial charge in [0.1, 0.15) is 35.7 Å². The van der Waals surface area contributed by atoms with Crippen molar-refractivity contribution in [2.75, 3.05) is 93.8 Å². The molecule has 28 heteroatoms. The predicted octanol–water partition coefficient (Wildman–Crippen LogP) is 1.67. The maximum Gasteiger partial charge on any atom is 0.274 e.